The average Bonchev–Trinajstić information content (AvgIpc) is 2.76. The van der Waals surface area contributed by atoms with Crippen molar-refractivity contribution >= 4 is 16.0 Å². The average molecular weight is 480 g/mol. The van der Waals surface area contributed by atoms with Crippen molar-refractivity contribution in [3.8, 4) is 0 Å². The first-order valence-corrected chi connectivity index (χ1v) is 12.3. The molecular weight excluding hydrogens is 450 g/mol. The van der Waals surface area contributed by atoms with E-state index in [-0.39, 0.29) is 19.8 Å². The summed E-state index contributed by atoms with van der Waals surface area (Å²) < 4.78 is 46.9. The van der Waals surface area contributed by atoms with Crippen LogP contribution >= 0.6 is 0 Å². The van der Waals surface area contributed by atoms with Crippen molar-refractivity contribution in [3.05, 3.63) is 71.8 Å². The number of hydrogen-bond donors (Lipinski definition) is 2. The molecular formula is C23H29NO8S. The molecule has 0 radical (unpaired) electrons. The Morgan fingerprint density at radius 1 is 1.00 bits per heavy atom. The van der Waals surface area contributed by atoms with E-state index in [1.165, 1.54) is 6.92 Å². The molecule has 9 nitrogen and oxygen atoms in total. The van der Waals surface area contributed by atoms with Crippen molar-refractivity contribution in [2.24, 2.45) is 0 Å². The molecule has 180 valence electrons. The third-order valence-corrected chi connectivity index (χ3v) is 5.57. The zero-order valence-corrected chi connectivity index (χ0v) is 19.3. The van der Waals surface area contributed by atoms with E-state index >= 15 is 0 Å². The molecule has 10 heteroatoms. The van der Waals surface area contributed by atoms with Crippen molar-refractivity contribution in [1.82, 2.24) is 5.32 Å². The summed E-state index contributed by atoms with van der Waals surface area (Å²) >= 11 is 0. The Balaban J connectivity index is 1.81. The van der Waals surface area contributed by atoms with Gasteiger partial charge in [-0.3, -0.25) is 8.98 Å². The van der Waals surface area contributed by atoms with Gasteiger partial charge in [0.1, 0.15) is 24.4 Å². The number of hydrogen-bond acceptors (Lipinski definition) is 8. The molecule has 0 bridgehead atoms. The molecule has 2 aromatic carbocycles. The Bertz CT molecular complexity index is 986. The monoisotopic (exact) mass is 479 g/mol. The summed E-state index contributed by atoms with van der Waals surface area (Å²) in [5.41, 5.74) is 1.79. The molecule has 0 aromatic heterocycles. The lowest BCUT2D eigenvalue weighted by Gasteiger charge is -2.44. The molecule has 3 rings (SSSR count). The third-order valence-electron chi connectivity index (χ3n) is 5.00. The molecule has 0 spiro atoms. The van der Waals surface area contributed by atoms with E-state index in [2.05, 4.69) is 5.32 Å². The summed E-state index contributed by atoms with van der Waals surface area (Å²) in [6.45, 7) is 1.67. The van der Waals surface area contributed by atoms with Gasteiger partial charge in [-0.25, -0.2) is 0 Å². The Hall–Kier alpha value is -2.34. The van der Waals surface area contributed by atoms with Crippen LogP contribution in [-0.4, -0.2) is 62.9 Å². The van der Waals surface area contributed by atoms with E-state index < -0.39 is 46.7 Å². The molecule has 1 saturated heterocycles. The summed E-state index contributed by atoms with van der Waals surface area (Å²) in [7, 11) is -3.96. The Morgan fingerprint density at radius 2 is 1.58 bits per heavy atom. The van der Waals surface area contributed by atoms with Crippen molar-refractivity contribution < 1.29 is 36.7 Å². The summed E-state index contributed by atoms with van der Waals surface area (Å²) in [5.74, 6) is -0.481. The van der Waals surface area contributed by atoms with Crippen LogP contribution in [0.5, 0.6) is 0 Å². The van der Waals surface area contributed by atoms with Crippen molar-refractivity contribution in [2.75, 3.05) is 12.9 Å². The molecule has 1 aliphatic rings. The van der Waals surface area contributed by atoms with Crippen LogP contribution in [0.1, 0.15) is 18.1 Å². The van der Waals surface area contributed by atoms with Gasteiger partial charge in [-0.05, 0) is 11.1 Å². The lowest BCUT2D eigenvalue weighted by molar-refractivity contribution is -0.263. The largest absolute Gasteiger partial charge is 0.374 e. The number of rotatable bonds is 10. The van der Waals surface area contributed by atoms with E-state index in [1.54, 1.807) is 0 Å². The molecule has 1 amide bonds. The first-order chi connectivity index (χ1) is 15.7. The highest BCUT2D eigenvalue weighted by Crippen LogP contribution is 2.28. The van der Waals surface area contributed by atoms with Gasteiger partial charge in [0, 0.05) is 6.92 Å². The van der Waals surface area contributed by atoms with Crippen LogP contribution in [0.3, 0.4) is 0 Å². The quantitative estimate of drug-likeness (QED) is 0.490. The summed E-state index contributed by atoms with van der Waals surface area (Å²) in [6.07, 6.45) is -3.68. The minimum Gasteiger partial charge on any atom is -0.374 e. The van der Waals surface area contributed by atoms with Gasteiger partial charge in [-0.15, -0.1) is 0 Å². The number of aliphatic hydroxyl groups excluding tert-OH is 1. The van der Waals surface area contributed by atoms with Crippen LogP contribution in [0.25, 0.3) is 0 Å². The number of carbonyl (C=O) groups is 1. The Kier molecular flexibility index (Phi) is 8.95. The van der Waals surface area contributed by atoms with Crippen molar-refractivity contribution in [1.29, 1.82) is 0 Å². The first kappa shape index (κ1) is 25.3. The molecule has 33 heavy (non-hydrogen) atoms. The number of ether oxygens (including phenoxy) is 3. The SMILES string of the molecule is CC(=O)N[C@@H]1[C@H](OS(C)(=O)=O)[C@H](OCc2ccccc2)[C@@H](COCc2ccccc2)O[C@@H]1O. The smallest absolute Gasteiger partial charge is 0.264 e. The zero-order valence-electron chi connectivity index (χ0n) is 18.5. The lowest BCUT2D eigenvalue weighted by atomic mass is 9.96. The normalized spacial score (nSPS) is 25.5. The highest BCUT2D eigenvalue weighted by atomic mass is 32.2. The second kappa shape index (κ2) is 11.7. The summed E-state index contributed by atoms with van der Waals surface area (Å²) in [4.78, 5) is 11.7. The molecule has 1 heterocycles. The molecule has 2 N–H and O–H groups in total. The van der Waals surface area contributed by atoms with Crippen LogP contribution in [0.15, 0.2) is 60.7 Å². The van der Waals surface area contributed by atoms with Gasteiger partial charge in [0.25, 0.3) is 10.1 Å². The fourth-order valence-electron chi connectivity index (χ4n) is 3.59. The zero-order chi connectivity index (χ0) is 23.8. The standard InChI is InChI=1S/C23H29NO8S/c1-16(25)24-20-22(32-33(2,27)28)21(30-14-18-11-7-4-8-12-18)19(31-23(20)26)15-29-13-17-9-5-3-6-10-17/h3-12,19-23,26H,13-15H2,1-2H3,(H,24,25)/t19-,20-,21-,22+,23+/m1/s1. The highest BCUT2D eigenvalue weighted by molar-refractivity contribution is 7.86. The first-order valence-electron chi connectivity index (χ1n) is 10.5. The molecule has 2 aromatic rings. The second-order valence-corrected chi connectivity index (χ2v) is 9.42. The minimum absolute atomic E-state index is 0.00181. The van der Waals surface area contributed by atoms with Crippen molar-refractivity contribution in [3.63, 3.8) is 0 Å². The predicted molar refractivity (Wildman–Crippen MR) is 119 cm³/mol. The lowest BCUT2D eigenvalue weighted by Crippen LogP contribution is -2.65. The van der Waals surface area contributed by atoms with Crippen LogP contribution in [-0.2, 0) is 46.5 Å². The molecule has 0 aliphatic carbocycles. The van der Waals surface area contributed by atoms with E-state index in [0.29, 0.717) is 0 Å². The van der Waals surface area contributed by atoms with Gasteiger partial charge in [0.15, 0.2) is 6.29 Å². The van der Waals surface area contributed by atoms with Gasteiger partial charge in [-0.2, -0.15) is 8.42 Å². The van der Waals surface area contributed by atoms with Gasteiger partial charge in [-0.1, -0.05) is 60.7 Å². The van der Waals surface area contributed by atoms with E-state index in [0.717, 1.165) is 17.4 Å². The van der Waals surface area contributed by atoms with E-state index in [9.17, 15) is 18.3 Å². The molecule has 0 unspecified atom stereocenters. The topological polar surface area (TPSA) is 120 Å². The highest BCUT2D eigenvalue weighted by Gasteiger charge is 2.49. The van der Waals surface area contributed by atoms with E-state index in [1.807, 2.05) is 60.7 Å². The number of aliphatic hydroxyl groups is 1. The van der Waals surface area contributed by atoms with Crippen LogP contribution in [0.4, 0.5) is 0 Å². The fraction of sp³-hybridized carbons (Fsp3) is 0.435. The number of amides is 1. The Labute approximate surface area is 193 Å². The molecule has 0 saturated carbocycles. The van der Waals surface area contributed by atoms with Crippen molar-refractivity contribution in [2.45, 2.75) is 50.8 Å². The fourth-order valence-corrected chi connectivity index (χ4v) is 4.23. The van der Waals surface area contributed by atoms with Gasteiger partial charge < -0.3 is 24.6 Å². The molecule has 1 fully saturated rings. The summed E-state index contributed by atoms with van der Waals surface area (Å²) in [6, 6.07) is 17.6. The maximum Gasteiger partial charge on any atom is 0.264 e. The van der Waals surface area contributed by atoms with Gasteiger partial charge >= 0.3 is 0 Å². The molecule has 5 atom stereocenters. The Morgan fingerprint density at radius 3 is 2.12 bits per heavy atom. The second-order valence-electron chi connectivity index (χ2n) is 7.82. The maximum absolute atomic E-state index is 12.0. The number of carbonyl (C=O) groups excluding carboxylic acids is 1. The minimum atomic E-state index is -3.96. The predicted octanol–water partition coefficient (Wildman–Crippen LogP) is 1.36. The van der Waals surface area contributed by atoms with Gasteiger partial charge in [0.2, 0.25) is 5.91 Å². The van der Waals surface area contributed by atoms with E-state index in [4.69, 9.17) is 18.4 Å². The number of nitrogens with one attached hydrogen (secondary N) is 1. The van der Waals surface area contributed by atoms with Crippen LogP contribution in [0.2, 0.25) is 0 Å². The molecule has 1 aliphatic heterocycles. The maximum atomic E-state index is 12.0. The third kappa shape index (κ3) is 7.88. The number of benzene rings is 2. The van der Waals surface area contributed by atoms with Gasteiger partial charge in [0.05, 0.1) is 26.1 Å². The van der Waals surface area contributed by atoms with Crippen LogP contribution < -0.4 is 5.32 Å². The van der Waals surface area contributed by atoms with Crippen LogP contribution in [0, 0.1) is 0 Å². The summed E-state index contributed by atoms with van der Waals surface area (Å²) in [5, 5.41) is 13.1.